The molecular weight excluding hydrogens is 354 g/mol. The fourth-order valence-electron chi connectivity index (χ4n) is 4.22. The van der Waals surface area contributed by atoms with Crippen molar-refractivity contribution in [2.45, 2.75) is 58.4 Å². The number of piperidine rings is 2. The molecule has 156 valence electrons. The highest BCUT2D eigenvalue weighted by Crippen LogP contribution is 2.22. The summed E-state index contributed by atoms with van der Waals surface area (Å²) >= 11 is 0. The van der Waals surface area contributed by atoms with Crippen LogP contribution in [0.25, 0.3) is 0 Å². The maximum absolute atomic E-state index is 12.5. The number of aryl methyl sites for hydroxylation is 1. The summed E-state index contributed by atoms with van der Waals surface area (Å²) in [5.41, 5.74) is 0.825. The molecule has 28 heavy (non-hydrogen) atoms. The van der Waals surface area contributed by atoms with Crippen LogP contribution in [0.15, 0.2) is 17.1 Å². The molecule has 0 aromatic carbocycles. The van der Waals surface area contributed by atoms with E-state index in [1.165, 1.54) is 37.0 Å². The molecule has 1 aromatic heterocycles. The topological polar surface area (TPSA) is 70.5 Å². The molecule has 1 aromatic rings. The Morgan fingerprint density at radius 1 is 1.14 bits per heavy atom. The highest BCUT2D eigenvalue weighted by Gasteiger charge is 2.25. The van der Waals surface area contributed by atoms with Gasteiger partial charge in [0.1, 0.15) is 0 Å². The van der Waals surface area contributed by atoms with Gasteiger partial charge in [-0.2, -0.15) is 5.10 Å². The van der Waals surface area contributed by atoms with Gasteiger partial charge in [0.05, 0.1) is 11.9 Å². The normalized spacial score (nSPS) is 19.0. The van der Waals surface area contributed by atoms with E-state index in [0.717, 1.165) is 57.5 Å². The molecule has 7 heteroatoms. The van der Waals surface area contributed by atoms with E-state index < -0.39 is 0 Å². The molecule has 2 saturated heterocycles. The van der Waals surface area contributed by atoms with Gasteiger partial charge in [-0.25, -0.2) is 4.68 Å². The van der Waals surface area contributed by atoms with Gasteiger partial charge in [-0.05, 0) is 58.2 Å². The van der Waals surface area contributed by atoms with Crippen LogP contribution >= 0.6 is 0 Å². The predicted octanol–water partition coefficient (Wildman–Crippen LogP) is 1.86. The maximum Gasteiger partial charge on any atom is 0.268 e. The van der Waals surface area contributed by atoms with Crippen LogP contribution in [0.4, 0.5) is 5.69 Å². The molecule has 0 unspecified atom stereocenters. The van der Waals surface area contributed by atoms with Crippen molar-refractivity contribution in [3.8, 4) is 0 Å². The summed E-state index contributed by atoms with van der Waals surface area (Å²) in [5.74, 6) is 0.273. The third-order valence-corrected chi connectivity index (χ3v) is 5.92. The number of likely N-dealkylation sites (tertiary alicyclic amines) is 1. The lowest BCUT2D eigenvalue weighted by molar-refractivity contribution is -0.125. The molecule has 0 spiro atoms. The quantitative estimate of drug-likeness (QED) is 0.687. The van der Waals surface area contributed by atoms with Gasteiger partial charge in [0, 0.05) is 38.2 Å². The van der Waals surface area contributed by atoms with Gasteiger partial charge in [-0.3, -0.25) is 9.59 Å². The highest BCUT2D eigenvalue weighted by atomic mass is 16.2. The van der Waals surface area contributed by atoms with Crippen molar-refractivity contribution in [2.75, 3.05) is 44.2 Å². The molecule has 2 aliphatic rings. The fourth-order valence-corrected chi connectivity index (χ4v) is 4.22. The van der Waals surface area contributed by atoms with Crippen molar-refractivity contribution in [1.82, 2.24) is 20.0 Å². The Hall–Kier alpha value is -1.89. The first-order chi connectivity index (χ1) is 13.7. The van der Waals surface area contributed by atoms with Crippen molar-refractivity contribution < 1.29 is 4.79 Å². The standard InChI is InChI=1S/C21H35N5O2/c1-2-10-26-20(27)16-19(17-23-26)25-14-7-18(8-15-25)21(28)22-9-6-13-24-11-4-3-5-12-24/h16-18H,2-15H2,1H3,(H,22,28). The summed E-state index contributed by atoms with van der Waals surface area (Å²) in [6.45, 7) is 8.57. The molecule has 2 aliphatic heterocycles. The van der Waals surface area contributed by atoms with Crippen LogP contribution < -0.4 is 15.8 Å². The Labute approximate surface area is 168 Å². The second-order valence-electron chi connectivity index (χ2n) is 8.08. The first kappa shape index (κ1) is 20.8. The van der Waals surface area contributed by atoms with Crippen LogP contribution in [-0.4, -0.2) is 59.9 Å². The van der Waals surface area contributed by atoms with E-state index >= 15 is 0 Å². The van der Waals surface area contributed by atoms with E-state index in [-0.39, 0.29) is 17.4 Å². The van der Waals surface area contributed by atoms with E-state index in [1.807, 2.05) is 6.92 Å². The van der Waals surface area contributed by atoms with Crippen LogP contribution in [0.3, 0.4) is 0 Å². The Balaban J connectivity index is 1.37. The van der Waals surface area contributed by atoms with Crippen LogP contribution in [0.1, 0.15) is 51.9 Å². The maximum atomic E-state index is 12.5. The average molecular weight is 390 g/mol. The minimum absolute atomic E-state index is 0.0482. The molecule has 2 fully saturated rings. The zero-order valence-electron chi connectivity index (χ0n) is 17.2. The molecule has 1 N–H and O–H groups in total. The summed E-state index contributed by atoms with van der Waals surface area (Å²) in [4.78, 5) is 29.2. The zero-order valence-corrected chi connectivity index (χ0v) is 17.2. The van der Waals surface area contributed by atoms with Crippen LogP contribution in [0.2, 0.25) is 0 Å². The summed E-state index contributed by atoms with van der Waals surface area (Å²) in [6, 6.07) is 1.67. The van der Waals surface area contributed by atoms with E-state index in [2.05, 4.69) is 20.2 Å². The Morgan fingerprint density at radius 2 is 1.89 bits per heavy atom. The number of carbonyl (C=O) groups excluding carboxylic acids is 1. The minimum atomic E-state index is -0.0482. The highest BCUT2D eigenvalue weighted by molar-refractivity contribution is 5.78. The Kier molecular flexibility index (Phi) is 7.89. The molecule has 0 radical (unpaired) electrons. The number of carbonyl (C=O) groups is 1. The molecule has 3 heterocycles. The van der Waals surface area contributed by atoms with Crippen molar-refractivity contribution in [1.29, 1.82) is 0 Å². The molecule has 0 atom stereocenters. The van der Waals surface area contributed by atoms with Gasteiger partial charge in [0.15, 0.2) is 0 Å². The van der Waals surface area contributed by atoms with Crippen molar-refractivity contribution in [3.63, 3.8) is 0 Å². The number of hydrogen-bond donors (Lipinski definition) is 1. The first-order valence-corrected chi connectivity index (χ1v) is 11.0. The first-order valence-electron chi connectivity index (χ1n) is 11.0. The van der Waals surface area contributed by atoms with E-state index in [9.17, 15) is 9.59 Å². The number of anilines is 1. The fraction of sp³-hybridized carbons (Fsp3) is 0.762. The smallest absolute Gasteiger partial charge is 0.268 e. The summed E-state index contributed by atoms with van der Waals surface area (Å²) in [5, 5.41) is 7.39. The van der Waals surface area contributed by atoms with Gasteiger partial charge in [-0.15, -0.1) is 0 Å². The molecule has 1 amide bonds. The molecular formula is C21H35N5O2. The van der Waals surface area contributed by atoms with Crippen LogP contribution in [0, 0.1) is 5.92 Å². The second-order valence-corrected chi connectivity index (χ2v) is 8.08. The SMILES string of the molecule is CCCn1ncc(N2CCC(C(=O)NCCCN3CCCCC3)CC2)cc1=O. The number of amides is 1. The van der Waals surface area contributed by atoms with E-state index in [0.29, 0.717) is 6.54 Å². The van der Waals surface area contributed by atoms with Gasteiger partial charge in [0.2, 0.25) is 5.91 Å². The third kappa shape index (κ3) is 5.80. The molecule has 7 nitrogen and oxygen atoms in total. The van der Waals surface area contributed by atoms with Crippen molar-refractivity contribution in [2.24, 2.45) is 5.92 Å². The molecule has 3 rings (SSSR count). The Bertz CT molecular complexity index is 676. The van der Waals surface area contributed by atoms with Crippen LogP contribution in [-0.2, 0) is 11.3 Å². The largest absolute Gasteiger partial charge is 0.370 e. The van der Waals surface area contributed by atoms with Crippen molar-refractivity contribution >= 4 is 11.6 Å². The predicted molar refractivity (Wildman–Crippen MR) is 112 cm³/mol. The number of rotatable bonds is 8. The van der Waals surface area contributed by atoms with Gasteiger partial charge in [0.25, 0.3) is 5.56 Å². The van der Waals surface area contributed by atoms with E-state index in [1.54, 1.807) is 12.3 Å². The summed E-state index contributed by atoms with van der Waals surface area (Å²) in [6.07, 6.45) is 9.35. The number of nitrogens with one attached hydrogen (secondary N) is 1. The van der Waals surface area contributed by atoms with Crippen molar-refractivity contribution in [3.05, 3.63) is 22.6 Å². The lowest BCUT2D eigenvalue weighted by atomic mass is 9.95. The minimum Gasteiger partial charge on any atom is -0.370 e. The van der Waals surface area contributed by atoms with E-state index in [4.69, 9.17) is 0 Å². The van der Waals surface area contributed by atoms with Gasteiger partial charge in [-0.1, -0.05) is 13.3 Å². The Morgan fingerprint density at radius 3 is 2.57 bits per heavy atom. The average Bonchev–Trinajstić information content (AvgIpc) is 2.73. The lowest BCUT2D eigenvalue weighted by Crippen LogP contribution is -2.41. The summed E-state index contributed by atoms with van der Waals surface area (Å²) < 4.78 is 1.51. The molecule has 0 aliphatic carbocycles. The number of nitrogens with zero attached hydrogens (tertiary/aromatic N) is 4. The lowest BCUT2D eigenvalue weighted by Gasteiger charge is -2.32. The number of hydrogen-bond acceptors (Lipinski definition) is 5. The second kappa shape index (κ2) is 10.6. The number of aromatic nitrogens is 2. The van der Waals surface area contributed by atoms with Crippen LogP contribution in [0.5, 0.6) is 0 Å². The monoisotopic (exact) mass is 389 g/mol. The molecule has 0 bridgehead atoms. The third-order valence-electron chi connectivity index (χ3n) is 5.92. The zero-order chi connectivity index (χ0) is 19.8. The summed E-state index contributed by atoms with van der Waals surface area (Å²) in [7, 11) is 0. The van der Waals surface area contributed by atoms with Gasteiger partial charge < -0.3 is 15.1 Å². The van der Waals surface area contributed by atoms with Gasteiger partial charge >= 0.3 is 0 Å². The molecule has 0 saturated carbocycles.